The monoisotopic (exact) mass is 195 g/mol. The summed E-state index contributed by atoms with van der Waals surface area (Å²) in [5, 5.41) is 3.79. The molecule has 0 radical (unpaired) electrons. The van der Waals surface area contributed by atoms with E-state index in [0.29, 0.717) is 0 Å². The Morgan fingerprint density at radius 2 is 1.71 bits per heavy atom. The second-order valence-corrected chi connectivity index (χ2v) is 5.58. The van der Waals surface area contributed by atoms with Gasteiger partial charge in [0.15, 0.2) is 0 Å². The standard InChI is InChI=1S/C13H25N/c1-10(9-12-7-8-12)14-11(2)13-5-3-4-6-13/h10-14H,3-9H2,1-2H3/t10?,11-/m1/s1. The van der Waals surface area contributed by atoms with Crippen LogP contribution in [0.2, 0.25) is 0 Å². The van der Waals surface area contributed by atoms with E-state index in [0.717, 1.165) is 23.9 Å². The molecule has 1 N–H and O–H groups in total. The van der Waals surface area contributed by atoms with Gasteiger partial charge in [0.1, 0.15) is 0 Å². The molecule has 0 spiro atoms. The number of nitrogens with one attached hydrogen (secondary N) is 1. The molecule has 1 heteroatoms. The van der Waals surface area contributed by atoms with Gasteiger partial charge in [-0.25, -0.2) is 0 Å². The Balaban J connectivity index is 1.66. The SMILES string of the molecule is CC(CC1CC1)N[C@H](C)C1CCCC1. The topological polar surface area (TPSA) is 12.0 Å². The van der Waals surface area contributed by atoms with Gasteiger partial charge in [-0.2, -0.15) is 0 Å². The lowest BCUT2D eigenvalue weighted by Gasteiger charge is -2.24. The molecule has 0 aromatic heterocycles. The van der Waals surface area contributed by atoms with Crippen molar-refractivity contribution in [2.75, 3.05) is 0 Å². The van der Waals surface area contributed by atoms with E-state index in [-0.39, 0.29) is 0 Å². The van der Waals surface area contributed by atoms with Gasteiger partial charge in [-0.15, -0.1) is 0 Å². The van der Waals surface area contributed by atoms with Crippen LogP contribution in [0, 0.1) is 11.8 Å². The minimum Gasteiger partial charge on any atom is -0.311 e. The van der Waals surface area contributed by atoms with Gasteiger partial charge >= 0.3 is 0 Å². The van der Waals surface area contributed by atoms with E-state index >= 15 is 0 Å². The first kappa shape index (κ1) is 10.5. The second-order valence-electron chi connectivity index (χ2n) is 5.58. The Morgan fingerprint density at radius 3 is 2.29 bits per heavy atom. The molecule has 2 aliphatic carbocycles. The van der Waals surface area contributed by atoms with Crippen molar-refractivity contribution in [1.29, 1.82) is 0 Å². The van der Waals surface area contributed by atoms with Crippen LogP contribution in [0.3, 0.4) is 0 Å². The summed E-state index contributed by atoms with van der Waals surface area (Å²) in [4.78, 5) is 0. The van der Waals surface area contributed by atoms with Crippen molar-refractivity contribution in [1.82, 2.24) is 5.32 Å². The average Bonchev–Trinajstić information content (AvgIpc) is 2.80. The Morgan fingerprint density at radius 1 is 1.07 bits per heavy atom. The van der Waals surface area contributed by atoms with E-state index in [1.54, 1.807) is 0 Å². The maximum absolute atomic E-state index is 3.79. The van der Waals surface area contributed by atoms with Crippen molar-refractivity contribution >= 4 is 0 Å². The fourth-order valence-electron chi connectivity index (χ4n) is 2.96. The summed E-state index contributed by atoms with van der Waals surface area (Å²) in [6, 6.07) is 1.50. The Bertz CT molecular complexity index is 168. The van der Waals surface area contributed by atoms with Crippen LogP contribution in [0.5, 0.6) is 0 Å². The van der Waals surface area contributed by atoms with E-state index in [2.05, 4.69) is 19.2 Å². The van der Waals surface area contributed by atoms with Gasteiger partial charge in [0.2, 0.25) is 0 Å². The third-order valence-electron chi connectivity index (χ3n) is 4.04. The number of hydrogen-bond donors (Lipinski definition) is 1. The van der Waals surface area contributed by atoms with Crippen molar-refractivity contribution in [3.8, 4) is 0 Å². The number of rotatable bonds is 5. The van der Waals surface area contributed by atoms with E-state index in [1.165, 1.54) is 44.9 Å². The molecular weight excluding hydrogens is 170 g/mol. The maximum atomic E-state index is 3.79. The van der Waals surface area contributed by atoms with Crippen LogP contribution in [0.15, 0.2) is 0 Å². The van der Waals surface area contributed by atoms with E-state index in [1.807, 2.05) is 0 Å². The van der Waals surface area contributed by atoms with E-state index < -0.39 is 0 Å². The molecule has 0 saturated heterocycles. The van der Waals surface area contributed by atoms with Gasteiger partial charge < -0.3 is 5.32 Å². The average molecular weight is 195 g/mol. The lowest BCUT2D eigenvalue weighted by Crippen LogP contribution is -2.38. The molecule has 0 aromatic carbocycles. The summed E-state index contributed by atoms with van der Waals surface area (Å²) in [5.41, 5.74) is 0. The molecule has 14 heavy (non-hydrogen) atoms. The van der Waals surface area contributed by atoms with Crippen LogP contribution >= 0.6 is 0 Å². The first-order valence-corrected chi connectivity index (χ1v) is 6.51. The molecule has 2 fully saturated rings. The zero-order valence-electron chi connectivity index (χ0n) is 9.76. The lowest BCUT2D eigenvalue weighted by molar-refractivity contribution is 0.335. The smallest absolute Gasteiger partial charge is 0.00694 e. The molecule has 2 aliphatic rings. The summed E-state index contributed by atoms with van der Waals surface area (Å²) in [5.74, 6) is 2.03. The molecule has 2 saturated carbocycles. The van der Waals surface area contributed by atoms with Crippen molar-refractivity contribution in [3.05, 3.63) is 0 Å². The molecule has 1 nitrogen and oxygen atoms in total. The van der Waals surface area contributed by atoms with Gasteiger partial charge in [-0.3, -0.25) is 0 Å². The summed E-state index contributed by atoms with van der Waals surface area (Å²) < 4.78 is 0. The van der Waals surface area contributed by atoms with Gasteiger partial charge in [0.25, 0.3) is 0 Å². The normalized spacial score (nSPS) is 27.9. The Hall–Kier alpha value is -0.0400. The first-order chi connectivity index (χ1) is 6.75. The summed E-state index contributed by atoms with van der Waals surface area (Å²) in [6.07, 6.45) is 10.3. The van der Waals surface area contributed by atoms with E-state index in [4.69, 9.17) is 0 Å². The first-order valence-electron chi connectivity index (χ1n) is 6.51. The van der Waals surface area contributed by atoms with Crippen molar-refractivity contribution in [2.24, 2.45) is 11.8 Å². The highest BCUT2D eigenvalue weighted by Crippen LogP contribution is 2.34. The molecule has 2 atom stereocenters. The third kappa shape index (κ3) is 2.98. The van der Waals surface area contributed by atoms with Gasteiger partial charge in [0, 0.05) is 12.1 Å². The van der Waals surface area contributed by atoms with Gasteiger partial charge in [-0.1, -0.05) is 25.7 Å². The molecule has 2 rings (SSSR count). The Labute approximate surface area is 88.7 Å². The molecule has 0 aromatic rings. The highest BCUT2D eigenvalue weighted by atomic mass is 14.9. The molecule has 0 aliphatic heterocycles. The zero-order valence-corrected chi connectivity index (χ0v) is 9.76. The van der Waals surface area contributed by atoms with Crippen LogP contribution in [-0.2, 0) is 0 Å². The van der Waals surface area contributed by atoms with Crippen LogP contribution < -0.4 is 5.32 Å². The van der Waals surface area contributed by atoms with Crippen LogP contribution in [0.25, 0.3) is 0 Å². The van der Waals surface area contributed by atoms with Crippen molar-refractivity contribution < 1.29 is 0 Å². The largest absolute Gasteiger partial charge is 0.311 e. The van der Waals surface area contributed by atoms with Gasteiger partial charge in [0.05, 0.1) is 0 Å². The summed E-state index contributed by atoms with van der Waals surface area (Å²) in [6.45, 7) is 4.75. The molecule has 0 bridgehead atoms. The third-order valence-corrected chi connectivity index (χ3v) is 4.04. The fourth-order valence-corrected chi connectivity index (χ4v) is 2.96. The fraction of sp³-hybridized carbons (Fsp3) is 1.00. The summed E-state index contributed by atoms with van der Waals surface area (Å²) >= 11 is 0. The number of hydrogen-bond acceptors (Lipinski definition) is 1. The highest BCUT2D eigenvalue weighted by molar-refractivity contribution is 4.82. The van der Waals surface area contributed by atoms with Crippen molar-refractivity contribution in [3.63, 3.8) is 0 Å². The van der Waals surface area contributed by atoms with Crippen molar-refractivity contribution in [2.45, 2.75) is 70.9 Å². The minimum absolute atomic E-state index is 0.748. The van der Waals surface area contributed by atoms with Crippen LogP contribution in [0.1, 0.15) is 58.8 Å². The predicted octanol–water partition coefficient (Wildman–Crippen LogP) is 3.34. The molecular formula is C13H25N. The molecule has 0 heterocycles. The predicted molar refractivity (Wildman–Crippen MR) is 61.4 cm³/mol. The molecule has 0 amide bonds. The lowest BCUT2D eigenvalue weighted by atomic mass is 9.98. The Kier molecular flexibility index (Phi) is 3.48. The zero-order chi connectivity index (χ0) is 9.97. The van der Waals surface area contributed by atoms with Crippen LogP contribution in [0.4, 0.5) is 0 Å². The molecule has 82 valence electrons. The van der Waals surface area contributed by atoms with Crippen LogP contribution in [-0.4, -0.2) is 12.1 Å². The second kappa shape index (κ2) is 4.65. The highest BCUT2D eigenvalue weighted by Gasteiger charge is 2.26. The quantitative estimate of drug-likeness (QED) is 0.709. The van der Waals surface area contributed by atoms with Gasteiger partial charge in [-0.05, 0) is 44.9 Å². The molecule has 1 unspecified atom stereocenters. The minimum atomic E-state index is 0.748. The van der Waals surface area contributed by atoms with E-state index in [9.17, 15) is 0 Å². The maximum Gasteiger partial charge on any atom is 0.00694 e. The summed E-state index contributed by atoms with van der Waals surface area (Å²) in [7, 11) is 0.